The Morgan fingerprint density at radius 3 is 2.57 bits per heavy atom. The van der Waals surface area contributed by atoms with Crippen molar-refractivity contribution in [3.05, 3.63) is 71.9 Å². The molecule has 3 N–H and O–H groups in total. The van der Waals surface area contributed by atoms with Crippen LogP contribution in [0.2, 0.25) is 0 Å². The second-order valence-corrected chi connectivity index (χ2v) is 5.48. The maximum absolute atomic E-state index is 12.0. The molecule has 0 saturated heterocycles. The molecule has 0 heterocycles. The molecule has 0 bridgehead atoms. The fraction of sp³-hybridized carbons (Fsp3) is 0.188. The summed E-state index contributed by atoms with van der Waals surface area (Å²) in [7, 11) is 0. The van der Waals surface area contributed by atoms with Crippen molar-refractivity contribution in [3.8, 4) is 0 Å². The lowest BCUT2D eigenvalue weighted by atomic mass is 10.1. The monoisotopic (exact) mass is 350 g/mol. The Hall–Kier alpha value is -1.85. The predicted molar refractivity (Wildman–Crippen MR) is 89.8 cm³/mol. The van der Waals surface area contributed by atoms with E-state index < -0.39 is 18.2 Å². The van der Waals surface area contributed by atoms with E-state index in [1.165, 1.54) is 6.08 Å². The second-order valence-electron chi connectivity index (χ2n) is 4.52. The van der Waals surface area contributed by atoms with Gasteiger partial charge in [-0.3, -0.25) is 0 Å². The molecule has 0 aromatic rings. The molecule has 2 atom stereocenters. The molecular formula is C16H19BrN2O2. The zero-order valence-corrected chi connectivity index (χ0v) is 13.3. The third kappa shape index (κ3) is 4.58. The number of aliphatic hydroxyl groups is 1. The zero-order chi connectivity index (χ0) is 16.0. The van der Waals surface area contributed by atoms with Gasteiger partial charge in [-0.1, -0.05) is 44.5 Å². The van der Waals surface area contributed by atoms with Crippen LogP contribution in [0.3, 0.4) is 0 Å². The van der Waals surface area contributed by atoms with Crippen molar-refractivity contribution < 1.29 is 9.90 Å². The molecule has 0 radical (unpaired) electrons. The Morgan fingerprint density at radius 2 is 2.05 bits per heavy atom. The number of hydrogen-bond donors (Lipinski definition) is 3. The number of amides is 2. The average molecular weight is 351 g/mol. The molecular weight excluding hydrogens is 332 g/mol. The van der Waals surface area contributed by atoms with Crippen LogP contribution >= 0.6 is 15.9 Å². The first kappa shape index (κ1) is 17.2. The van der Waals surface area contributed by atoms with E-state index in [2.05, 4.69) is 52.9 Å². The van der Waals surface area contributed by atoms with Crippen LogP contribution in [-0.2, 0) is 0 Å². The first-order valence-electron chi connectivity index (χ1n) is 6.34. The van der Waals surface area contributed by atoms with E-state index in [1.54, 1.807) is 18.2 Å². The van der Waals surface area contributed by atoms with E-state index in [9.17, 15) is 9.90 Å². The predicted octanol–water partition coefficient (Wildman–Crippen LogP) is 3.07. The quantitative estimate of drug-likeness (QED) is 0.667. The largest absolute Gasteiger partial charge is 0.390 e. The molecule has 5 heteroatoms. The van der Waals surface area contributed by atoms with Crippen LogP contribution in [0.4, 0.5) is 4.79 Å². The van der Waals surface area contributed by atoms with Crippen LogP contribution < -0.4 is 10.6 Å². The van der Waals surface area contributed by atoms with Gasteiger partial charge in [-0.2, -0.15) is 0 Å². The minimum Gasteiger partial charge on any atom is -0.390 e. The number of nitrogens with one attached hydrogen (secondary N) is 2. The van der Waals surface area contributed by atoms with Crippen LogP contribution in [0.25, 0.3) is 0 Å². The first-order chi connectivity index (χ1) is 9.90. The Labute approximate surface area is 133 Å². The highest BCUT2D eigenvalue weighted by Gasteiger charge is 2.33. The Balaban J connectivity index is 2.75. The minimum absolute atomic E-state index is 0.441. The van der Waals surface area contributed by atoms with Gasteiger partial charge in [0.2, 0.25) is 0 Å². The van der Waals surface area contributed by atoms with Crippen molar-refractivity contribution in [1.82, 2.24) is 10.6 Å². The van der Waals surface area contributed by atoms with Gasteiger partial charge in [-0.15, -0.1) is 0 Å². The van der Waals surface area contributed by atoms with Crippen molar-refractivity contribution in [2.75, 3.05) is 0 Å². The molecule has 1 aliphatic rings. The fourth-order valence-corrected chi connectivity index (χ4v) is 2.26. The van der Waals surface area contributed by atoms with E-state index >= 15 is 0 Å². The number of urea groups is 1. The average Bonchev–Trinajstić information content (AvgIpc) is 2.66. The number of carbonyl (C=O) groups excluding carboxylic acids is 1. The highest BCUT2D eigenvalue weighted by atomic mass is 79.9. The summed E-state index contributed by atoms with van der Waals surface area (Å²) in [6.45, 7) is 14.8. The van der Waals surface area contributed by atoms with E-state index in [-0.39, 0.29) is 0 Å². The van der Waals surface area contributed by atoms with Crippen molar-refractivity contribution in [2.24, 2.45) is 0 Å². The Kier molecular flexibility index (Phi) is 6.39. The number of allylic oxidation sites excluding steroid dienone is 5. The van der Waals surface area contributed by atoms with E-state index in [4.69, 9.17) is 0 Å². The van der Waals surface area contributed by atoms with Crippen molar-refractivity contribution >= 4 is 22.0 Å². The highest BCUT2D eigenvalue weighted by Crippen LogP contribution is 2.30. The molecule has 4 nitrogen and oxygen atoms in total. The summed E-state index contributed by atoms with van der Waals surface area (Å²) < 4.78 is 0.524. The lowest BCUT2D eigenvalue weighted by Crippen LogP contribution is -2.45. The molecule has 0 spiro atoms. The van der Waals surface area contributed by atoms with Crippen LogP contribution in [0, 0.1) is 0 Å². The molecule has 1 fully saturated rings. The standard InChI is InChI=1S/C16H19BrN2O2/c1-5-7-12-9-14(20)15(10(12)3)19-16(21)18-13(8-6-2)11(4)17/h5-8,14-15,20H,1-4,9H2,(H2,18,19,21)/b12-7-,13-8+/t14-,15+/m0/s1. The maximum atomic E-state index is 12.0. The summed E-state index contributed by atoms with van der Waals surface area (Å²) in [6, 6.07) is -0.974. The van der Waals surface area contributed by atoms with Gasteiger partial charge in [0.1, 0.15) is 0 Å². The van der Waals surface area contributed by atoms with E-state index in [0.29, 0.717) is 22.2 Å². The summed E-state index contributed by atoms with van der Waals surface area (Å²) in [5.74, 6) is 0. The van der Waals surface area contributed by atoms with Gasteiger partial charge in [-0.25, -0.2) is 4.79 Å². The molecule has 1 aliphatic carbocycles. The summed E-state index contributed by atoms with van der Waals surface area (Å²) in [4.78, 5) is 12.0. The maximum Gasteiger partial charge on any atom is 0.319 e. The van der Waals surface area contributed by atoms with Crippen LogP contribution in [-0.4, -0.2) is 23.3 Å². The molecule has 112 valence electrons. The van der Waals surface area contributed by atoms with Gasteiger partial charge in [0.05, 0.1) is 17.8 Å². The van der Waals surface area contributed by atoms with Crippen molar-refractivity contribution in [3.63, 3.8) is 0 Å². The van der Waals surface area contributed by atoms with E-state index in [1.807, 2.05) is 0 Å². The lowest BCUT2D eigenvalue weighted by molar-refractivity contribution is 0.159. The Bertz CT molecular complexity index is 546. The summed E-state index contributed by atoms with van der Waals surface area (Å²) >= 11 is 3.20. The topological polar surface area (TPSA) is 61.4 Å². The minimum atomic E-state index is -0.701. The molecule has 0 unspecified atom stereocenters. The van der Waals surface area contributed by atoms with Gasteiger partial charge in [0.15, 0.2) is 0 Å². The number of rotatable bonds is 5. The third-order valence-electron chi connectivity index (χ3n) is 3.03. The van der Waals surface area contributed by atoms with E-state index in [0.717, 1.165) is 5.57 Å². The van der Waals surface area contributed by atoms with Gasteiger partial charge in [0.25, 0.3) is 0 Å². The fourth-order valence-electron chi connectivity index (χ4n) is 2.02. The van der Waals surface area contributed by atoms with Crippen molar-refractivity contribution in [1.29, 1.82) is 0 Å². The summed E-state index contributed by atoms with van der Waals surface area (Å²) in [5.41, 5.74) is 2.06. The molecule has 1 rings (SSSR count). The van der Waals surface area contributed by atoms with Gasteiger partial charge >= 0.3 is 6.03 Å². The zero-order valence-electron chi connectivity index (χ0n) is 11.7. The van der Waals surface area contributed by atoms with Crippen LogP contribution in [0.15, 0.2) is 71.9 Å². The first-order valence-corrected chi connectivity index (χ1v) is 7.13. The Morgan fingerprint density at radius 1 is 1.38 bits per heavy atom. The molecule has 2 amide bonds. The van der Waals surface area contributed by atoms with Crippen LogP contribution in [0.5, 0.6) is 0 Å². The molecule has 21 heavy (non-hydrogen) atoms. The number of hydrogen-bond acceptors (Lipinski definition) is 2. The summed E-state index contributed by atoms with van der Waals surface area (Å²) in [5, 5.41) is 15.3. The van der Waals surface area contributed by atoms with Gasteiger partial charge in [-0.05, 0) is 33.2 Å². The van der Waals surface area contributed by atoms with Crippen LogP contribution in [0.1, 0.15) is 6.42 Å². The summed E-state index contributed by atoms with van der Waals surface area (Å²) in [6.07, 6.45) is 6.31. The normalized spacial score (nSPS) is 23.8. The second kappa shape index (κ2) is 7.81. The molecule has 0 aliphatic heterocycles. The molecule has 0 aromatic heterocycles. The van der Waals surface area contributed by atoms with Crippen molar-refractivity contribution in [2.45, 2.75) is 18.6 Å². The van der Waals surface area contributed by atoms with Gasteiger partial charge in [0, 0.05) is 10.9 Å². The third-order valence-corrected chi connectivity index (χ3v) is 3.46. The highest BCUT2D eigenvalue weighted by molar-refractivity contribution is 9.11. The molecule has 0 aromatic carbocycles. The molecule has 1 saturated carbocycles. The number of halogens is 1. The van der Waals surface area contributed by atoms with Gasteiger partial charge < -0.3 is 15.7 Å². The number of carbonyl (C=O) groups is 1. The lowest BCUT2D eigenvalue weighted by Gasteiger charge is -2.18. The SMILES string of the molecule is C=C/C=C1/C[C@H](O)[C@H](NC(=O)N/C(=C/C=C)C(=C)Br)C1=C. The smallest absolute Gasteiger partial charge is 0.319 e. The number of aliphatic hydroxyl groups excluding tert-OH is 1.